The Morgan fingerprint density at radius 2 is 1.72 bits per heavy atom. The zero-order valence-corrected chi connectivity index (χ0v) is 10.6. The average Bonchev–Trinajstić information content (AvgIpc) is 2.30. The molecule has 18 heavy (non-hydrogen) atoms. The minimum Gasteiger partial charge on any atom is -0.393 e. The molecule has 0 spiro atoms. The van der Waals surface area contributed by atoms with Crippen molar-refractivity contribution >= 4 is 17.3 Å². The van der Waals surface area contributed by atoms with Gasteiger partial charge in [-0.3, -0.25) is 4.99 Å². The van der Waals surface area contributed by atoms with Gasteiger partial charge in [0.1, 0.15) is 5.70 Å². The summed E-state index contributed by atoms with van der Waals surface area (Å²) >= 11 is 5.66. The van der Waals surface area contributed by atoms with Crippen molar-refractivity contribution in [1.82, 2.24) is 0 Å². The van der Waals surface area contributed by atoms with Crippen LogP contribution in [0.4, 0.5) is 13.2 Å². The van der Waals surface area contributed by atoms with Gasteiger partial charge in [-0.25, -0.2) is 0 Å². The van der Waals surface area contributed by atoms with E-state index in [1.54, 1.807) is 24.3 Å². The van der Waals surface area contributed by atoms with E-state index < -0.39 is 16.9 Å². The molecule has 1 aromatic rings. The Labute approximate surface area is 108 Å². The van der Waals surface area contributed by atoms with E-state index in [0.717, 1.165) is 5.56 Å². The van der Waals surface area contributed by atoms with E-state index in [-0.39, 0.29) is 5.71 Å². The molecule has 0 aliphatic carbocycles. The standard InChI is InChI=1S/C12H12ClF3N2/c1-7-3-5-8(6-4-7)10(18-2)9(13)11(17)12(14,15)16/h3-6H,17H2,1-2H3. The molecule has 1 rings (SSSR count). The summed E-state index contributed by atoms with van der Waals surface area (Å²) in [4.78, 5) is 3.77. The van der Waals surface area contributed by atoms with Gasteiger partial charge in [-0.1, -0.05) is 41.4 Å². The van der Waals surface area contributed by atoms with Crippen LogP contribution in [-0.2, 0) is 0 Å². The molecule has 0 saturated carbocycles. The summed E-state index contributed by atoms with van der Waals surface area (Å²) in [6, 6.07) is 6.80. The van der Waals surface area contributed by atoms with E-state index in [1.807, 2.05) is 6.92 Å². The smallest absolute Gasteiger partial charge is 0.393 e. The van der Waals surface area contributed by atoms with Crippen molar-refractivity contribution in [1.29, 1.82) is 0 Å². The first-order valence-electron chi connectivity index (χ1n) is 5.04. The van der Waals surface area contributed by atoms with Gasteiger partial charge in [-0.15, -0.1) is 0 Å². The number of halogens is 4. The van der Waals surface area contributed by atoms with E-state index in [9.17, 15) is 13.2 Å². The number of nitrogens with zero attached hydrogens (tertiary/aromatic N) is 1. The van der Waals surface area contributed by atoms with E-state index >= 15 is 0 Å². The number of benzene rings is 1. The van der Waals surface area contributed by atoms with Gasteiger partial charge in [-0.2, -0.15) is 13.2 Å². The molecule has 0 fully saturated rings. The van der Waals surface area contributed by atoms with E-state index in [1.165, 1.54) is 7.05 Å². The fourth-order valence-corrected chi connectivity index (χ4v) is 1.62. The Balaban J connectivity index is 3.25. The molecule has 2 nitrogen and oxygen atoms in total. The largest absolute Gasteiger partial charge is 0.432 e. The topological polar surface area (TPSA) is 38.4 Å². The fourth-order valence-electron chi connectivity index (χ4n) is 1.32. The van der Waals surface area contributed by atoms with Crippen LogP contribution in [0.15, 0.2) is 40.0 Å². The molecular formula is C12H12ClF3N2. The maximum atomic E-state index is 12.5. The van der Waals surface area contributed by atoms with Gasteiger partial charge in [0.05, 0.1) is 10.7 Å². The highest BCUT2D eigenvalue weighted by atomic mass is 35.5. The van der Waals surface area contributed by atoms with Crippen LogP contribution in [0.3, 0.4) is 0 Å². The van der Waals surface area contributed by atoms with Crippen molar-refractivity contribution in [2.24, 2.45) is 10.7 Å². The predicted molar refractivity (Wildman–Crippen MR) is 66.8 cm³/mol. The molecule has 2 N–H and O–H groups in total. The second-order valence-corrected chi connectivity index (χ2v) is 4.04. The Morgan fingerprint density at radius 3 is 2.11 bits per heavy atom. The van der Waals surface area contributed by atoms with Crippen molar-refractivity contribution in [2.45, 2.75) is 13.1 Å². The molecule has 98 valence electrons. The molecule has 0 saturated heterocycles. The van der Waals surface area contributed by atoms with Gasteiger partial charge < -0.3 is 5.73 Å². The van der Waals surface area contributed by atoms with Crippen molar-refractivity contribution in [3.63, 3.8) is 0 Å². The van der Waals surface area contributed by atoms with E-state index in [4.69, 9.17) is 17.3 Å². The first-order valence-corrected chi connectivity index (χ1v) is 5.41. The summed E-state index contributed by atoms with van der Waals surface area (Å²) in [5, 5.41) is -0.589. The Bertz CT molecular complexity index is 487. The number of aryl methyl sites for hydroxylation is 1. The van der Waals surface area contributed by atoms with Gasteiger partial charge in [0.25, 0.3) is 0 Å². The third-order valence-electron chi connectivity index (χ3n) is 2.30. The molecule has 0 aromatic heterocycles. The second-order valence-electron chi connectivity index (χ2n) is 3.66. The van der Waals surface area contributed by atoms with Gasteiger partial charge >= 0.3 is 6.18 Å². The van der Waals surface area contributed by atoms with E-state index in [0.29, 0.717) is 5.56 Å². The molecule has 6 heteroatoms. The summed E-state index contributed by atoms with van der Waals surface area (Å²) in [6.45, 7) is 1.87. The van der Waals surface area contributed by atoms with Crippen LogP contribution in [0.2, 0.25) is 0 Å². The summed E-state index contributed by atoms with van der Waals surface area (Å²) in [7, 11) is 1.36. The molecule has 0 heterocycles. The van der Waals surface area contributed by atoms with Crippen molar-refractivity contribution in [2.75, 3.05) is 7.05 Å². The van der Waals surface area contributed by atoms with Crippen LogP contribution < -0.4 is 5.73 Å². The highest BCUT2D eigenvalue weighted by molar-refractivity contribution is 6.46. The molecule has 1 aromatic carbocycles. The van der Waals surface area contributed by atoms with Crippen molar-refractivity contribution < 1.29 is 13.2 Å². The van der Waals surface area contributed by atoms with E-state index in [2.05, 4.69) is 4.99 Å². The predicted octanol–water partition coefficient (Wildman–Crippen LogP) is 3.39. The summed E-state index contributed by atoms with van der Waals surface area (Å²) < 4.78 is 37.4. The zero-order chi connectivity index (χ0) is 13.9. The lowest BCUT2D eigenvalue weighted by atomic mass is 10.1. The molecule has 0 aliphatic rings. The third kappa shape index (κ3) is 3.26. The van der Waals surface area contributed by atoms with Gasteiger partial charge in [0, 0.05) is 12.6 Å². The number of alkyl halides is 3. The van der Waals surface area contributed by atoms with Crippen LogP contribution >= 0.6 is 11.6 Å². The SMILES string of the molecule is CN=C(C(Cl)=C(N)C(F)(F)F)c1ccc(C)cc1. The zero-order valence-electron chi connectivity index (χ0n) is 9.85. The van der Waals surface area contributed by atoms with Gasteiger partial charge in [0.15, 0.2) is 0 Å². The normalized spacial score (nSPS) is 14.4. The molecule has 0 amide bonds. The van der Waals surface area contributed by atoms with Gasteiger partial charge in [0.2, 0.25) is 0 Å². The monoisotopic (exact) mass is 276 g/mol. The number of nitrogens with two attached hydrogens (primary N) is 1. The van der Waals surface area contributed by atoms with Gasteiger partial charge in [-0.05, 0) is 6.92 Å². The van der Waals surface area contributed by atoms with Crippen LogP contribution in [0.1, 0.15) is 11.1 Å². The Morgan fingerprint density at radius 1 is 1.22 bits per heavy atom. The summed E-state index contributed by atoms with van der Waals surface area (Å²) in [5.41, 5.74) is 5.13. The maximum absolute atomic E-state index is 12.5. The van der Waals surface area contributed by atoms with Crippen LogP contribution in [0.5, 0.6) is 0 Å². The number of allylic oxidation sites excluding steroid dienone is 2. The molecular weight excluding hydrogens is 265 g/mol. The van der Waals surface area contributed by atoms with Crippen LogP contribution in [0, 0.1) is 6.92 Å². The highest BCUT2D eigenvalue weighted by Gasteiger charge is 2.35. The average molecular weight is 277 g/mol. The number of aliphatic imine (C=N–C) groups is 1. The third-order valence-corrected chi connectivity index (χ3v) is 2.68. The minimum atomic E-state index is -4.67. The Hall–Kier alpha value is -1.49. The Kier molecular flexibility index (Phi) is 4.40. The number of hydrogen-bond acceptors (Lipinski definition) is 2. The number of rotatable bonds is 2. The minimum absolute atomic E-state index is 0.0199. The maximum Gasteiger partial charge on any atom is 0.432 e. The number of hydrogen-bond donors (Lipinski definition) is 1. The molecule has 0 atom stereocenters. The van der Waals surface area contributed by atoms with Crippen LogP contribution in [0.25, 0.3) is 0 Å². The highest BCUT2D eigenvalue weighted by Crippen LogP contribution is 2.28. The van der Waals surface area contributed by atoms with Crippen molar-refractivity contribution in [3.8, 4) is 0 Å². The first-order chi connectivity index (χ1) is 8.27. The summed E-state index contributed by atoms with van der Waals surface area (Å²) in [5.74, 6) is 0. The fraction of sp³-hybridized carbons (Fsp3) is 0.250. The molecule has 0 unspecified atom stereocenters. The lowest BCUT2D eigenvalue weighted by Crippen LogP contribution is -2.23. The lowest BCUT2D eigenvalue weighted by Gasteiger charge is -2.11. The summed E-state index contributed by atoms with van der Waals surface area (Å²) in [6.07, 6.45) is -4.67. The molecule has 0 bridgehead atoms. The van der Waals surface area contributed by atoms with Crippen LogP contribution in [-0.4, -0.2) is 18.9 Å². The first kappa shape index (κ1) is 14.6. The quantitative estimate of drug-likeness (QED) is 0.826. The lowest BCUT2D eigenvalue weighted by molar-refractivity contribution is -0.0927. The molecule has 0 radical (unpaired) electrons. The molecule has 0 aliphatic heterocycles. The second kappa shape index (κ2) is 5.44. The van der Waals surface area contributed by atoms with Crippen molar-refractivity contribution in [3.05, 3.63) is 46.1 Å².